The second-order valence-corrected chi connectivity index (χ2v) is 3.40. The van der Waals surface area contributed by atoms with E-state index in [1.807, 2.05) is 0 Å². The highest BCUT2D eigenvalue weighted by Gasteiger charge is 2.22. The van der Waals surface area contributed by atoms with Crippen LogP contribution in [0.3, 0.4) is 0 Å². The van der Waals surface area contributed by atoms with E-state index >= 15 is 0 Å². The second kappa shape index (κ2) is 5.67. The first-order valence-electron chi connectivity index (χ1n) is 5.16. The van der Waals surface area contributed by atoms with Gasteiger partial charge in [0, 0.05) is 18.3 Å². The first-order chi connectivity index (χ1) is 8.02. The molecule has 1 aromatic rings. The van der Waals surface area contributed by atoms with Crippen LogP contribution in [0.1, 0.15) is 40.5 Å². The Kier molecular flexibility index (Phi) is 4.51. The maximum absolute atomic E-state index is 12.9. The monoisotopic (exact) mass is 244 g/mol. The van der Waals surface area contributed by atoms with Crippen molar-refractivity contribution in [2.45, 2.75) is 26.8 Å². The number of halogens is 2. The van der Waals surface area contributed by atoms with Gasteiger partial charge in [0.15, 0.2) is 5.69 Å². The van der Waals surface area contributed by atoms with Gasteiger partial charge in [0.05, 0.1) is 6.61 Å². The van der Waals surface area contributed by atoms with Crippen molar-refractivity contribution in [3.8, 4) is 0 Å². The minimum absolute atomic E-state index is 0.0450. The van der Waals surface area contributed by atoms with Gasteiger partial charge in [-0.25, -0.2) is 18.6 Å². The molecule has 4 nitrogen and oxygen atoms in total. The summed E-state index contributed by atoms with van der Waals surface area (Å²) >= 11 is 0. The van der Waals surface area contributed by atoms with Crippen molar-refractivity contribution in [3.05, 3.63) is 28.6 Å². The fraction of sp³-hybridized carbons (Fsp3) is 0.455. The van der Waals surface area contributed by atoms with Crippen LogP contribution in [0, 0.1) is 6.92 Å². The van der Waals surface area contributed by atoms with Gasteiger partial charge < -0.3 is 10.5 Å². The van der Waals surface area contributed by atoms with Crippen LogP contribution in [-0.4, -0.2) is 17.6 Å². The van der Waals surface area contributed by atoms with Gasteiger partial charge in [-0.15, -0.1) is 0 Å². The predicted molar refractivity (Wildman–Crippen MR) is 57.8 cm³/mol. The number of alkyl halides is 2. The molecule has 0 bridgehead atoms. The van der Waals surface area contributed by atoms with Gasteiger partial charge in [0.2, 0.25) is 0 Å². The molecule has 0 aliphatic heterocycles. The molecule has 0 aromatic carbocycles. The highest BCUT2D eigenvalue weighted by Crippen LogP contribution is 2.27. The molecule has 1 rings (SSSR count). The molecule has 0 aliphatic rings. The van der Waals surface area contributed by atoms with Crippen LogP contribution in [-0.2, 0) is 11.3 Å². The molecule has 0 saturated heterocycles. The number of nitrogens with zero attached hydrogens (tertiary/aromatic N) is 1. The number of nitrogens with two attached hydrogens (primary N) is 1. The molecular weight excluding hydrogens is 230 g/mol. The quantitative estimate of drug-likeness (QED) is 0.822. The summed E-state index contributed by atoms with van der Waals surface area (Å²) < 4.78 is 30.5. The van der Waals surface area contributed by atoms with Crippen molar-refractivity contribution in [1.29, 1.82) is 0 Å². The highest BCUT2D eigenvalue weighted by atomic mass is 19.3. The number of esters is 1. The molecule has 1 heterocycles. The third-order valence-corrected chi connectivity index (χ3v) is 2.36. The van der Waals surface area contributed by atoms with E-state index in [0.717, 1.165) is 0 Å². The summed E-state index contributed by atoms with van der Waals surface area (Å²) in [4.78, 5) is 15.3. The molecule has 0 atom stereocenters. The molecule has 0 radical (unpaired) electrons. The van der Waals surface area contributed by atoms with Crippen LogP contribution in [0.2, 0.25) is 0 Å². The van der Waals surface area contributed by atoms with E-state index in [1.165, 1.54) is 13.1 Å². The zero-order chi connectivity index (χ0) is 13.0. The Hall–Kier alpha value is -1.56. The summed E-state index contributed by atoms with van der Waals surface area (Å²) in [6.07, 6.45) is -1.49. The molecule has 0 saturated carbocycles. The van der Waals surface area contributed by atoms with E-state index in [1.54, 1.807) is 6.92 Å². The number of rotatable bonds is 4. The van der Waals surface area contributed by atoms with E-state index in [0.29, 0.717) is 0 Å². The number of hydrogen-bond donors (Lipinski definition) is 1. The summed E-state index contributed by atoms with van der Waals surface area (Å²) in [5.41, 5.74) is 5.41. The summed E-state index contributed by atoms with van der Waals surface area (Å²) in [5.74, 6) is -0.699. The minimum atomic E-state index is -2.69. The zero-order valence-corrected chi connectivity index (χ0v) is 9.67. The lowest BCUT2D eigenvalue weighted by Gasteiger charge is -2.13. The van der Waals surface area contributed by atoms with Crippen molar-refractivity contribution < 1.29 is 18.3 Å². The number of aromatic nitrogens is 1. The van der Waals surface area contributed by atoms with E-state index in [9.17, 15) is 13.6 Å². The van der Waals surface area contributed by atoms with Gasteiger partial charge in [0.1, 0.15) is 0 Å². The summed E-state index contributed by atoms with van der Waals surface area (Å²) in [6.45, 7) is 3.18. The SMILES string of the molecule is CCOC(=O)c1ncc(CN)c(C(F)F)c1C. The number of carbonyl (C=O) groups is 1. The minimum Gasteiger partial charge on any atom is -0.461 e. The van der Waals surface area contributed by atoms with E-state index < -0.39 is 12.4 Å². The molecule has 0 unspecified atom stereocenters. The molecule has 17 heavy (non-hydrogen) atoms. The normalized spacial score (nSPS) is 10.7. The molecule has 0 fully saturated rings. The third-order valence-electron chi connectivity index (χ3n) is 2.36. The molecule has 0 spiro atoms. The number of ether oxygens (including phenoxy) is 1. The summed E-state index contributed by atoms with van der Waals surface area (Å²) in [7, 11) is 0. The van der Waals surface area contributed by atoms with Crippen molar-refractivity contribution >= 4 is 5.97 Å². The van der Waals surface area contributed by atoms with Crippen molar-refractivity contribution in [2.24, 2.45) is 5.73 Å². The Morgan fingerprint density at radius 1 is 1.59 bits per heavy atom. The van der Waals surface area contributed by atoms with E-state index in [2.05, 4.69) is 4.98 Å². The van der Waals surface area contributed by atoms with Crippen LogP contribution in [0.25, 0.3) is 0 Å². The van der Waals surface area contributed by atoms with Gasteiger partial charge in [-0.05, 0) is 25.0 Å². The lowest BCUT2D eigenvalue weighted by Crippen LogP contribution is -2.14. The summed E-state index contributed by atoms with van der Waals surface area (Å²) in [5, 5.41) is 0. The van der Waals surface area contributed by atoms with Crippen molar-refractivity contribution in [1.82, 2.24) is 4.98 Å². The van der Waals surface area contributed by atoms with Gasteiger partial charge in [-0.3, -0.25) is 0 Å². The molecule has 1 aromatic heterocycles. The Bertz CT molecular complexity index is 422. The summed E-state index contributed by atoms with van der Waals surface area (Å²) in [6, 6.07) is 0. The average molecular weight is 244 g/mol. The first-order valence-corrected chi connectivity index (χ1v) is 5.16. The van der Waals surface area contributed by atoms with Gasteiger partial charge in [-0.1, -0.05) is 0 Å². The molecule has 6 heteroatoms. The second-order valence-electron chi connectivity index (χ2n) is 3.40. The van der Waals surface area contributed by atoms with Crippen molar-refractivity contribution in [3.63, 3.8) is 0 Å². The fourth-order valence-electron chi connectivity index (χ4n) is 1.55. The standard InChI is InChI=1S/C11H14F2N2O2/c1-3-17-11(16)9-6(2)8(10(12)13)7(4-14)5-15-9/h5,10H,3-4,14H2,1-2H3. The van der Waals surface area contributed by atoms with Crippen molar-refractivity contribution in [2.75, 3.05) is 6.61 Å². The third kappa shape index (κ3) is 2.76. The van der Waals surface area contributed by atoms with Crippen LogP contribution in [0.4, 0.5) is 8.78 Å². The van der Waals surface area contributed by atoms with Crippen LogP contribution >= 0.6 is 0 Å². The van der Waals surface area contributed by atoms with Crippen LogP contribution in [0.15, 0.2) is 6.20 Å². The highest BCUT2D eigenvalue weighted by molar-refractivity contribution is 5.89. The maximum atomic E-state index is 12.9. The molecule has 0 aliphatic carbocycles. The van der Waals surface area contributed by atoms with Gasteiger partial charge in [0.25, 0.3) is 6.43 Å². The lowest BCUT2D eigenvalue weighted by atomic mass is 10.0. The Balaban J connectivity index is 3.27. The van der Waals surface area contributed by atoms with Crippen LogP contribution < -0.4 is 5.73 Å². The number of pyridine rings is 1. The molecular formula is C11H14F2N2O2. The van der Waals surface area contributed by atoms with E-state index in [-0.39, 0.29) is 35.5 Å². The largest absolute Gasteiger partial charge is 0.461 e. The Morgan fingerprint density at radius 3 is 2.71 bits per heavy atom. The predicted octanol–water partition coefficient (Wildman–Crippen LogP) is 1.96. The van der Waals surface area contributed by atoms with E-state index in [4.69, 9.17) is 10.5 Å². The smallest absolute Gasteiger partial charge is 0.357 e. The first kappa shape index (κ1) is 13.5. The number of carbonyl (C=O) groups excluding carboxylic acids is 1. The fourth-order valence-corrected chi connectivity index (χ4v) is 1.55. The zero-order valence-electron chi connectivity index (χ0n) is 9.67. The number of hydrogen-bond acceptors (Lipinski definition) is 4. The topological polar surface area (TPSA) is 65.2 Å². The van der Waals surface area contributed by atoms with Crippen LogP contribution in [0.5, 0.6) is 0 Å². The maximum Gasteiger partial charge on any atom is 0.357 e. The Labute approximate surface area is 97.8 Å². The van der Waals surface area contributed by atoms with Gasteiger partial charge >= 0.3 is 5.97 Å². The lowest BCUT2D eigenvalue weighted by molar-refractivity contribution is 0.0518. The average Bonchev–Trinajstić information content (AvgIpc) is 2.27. The molecule has 2 N–H and O–H groups in total. The Morgan fingerprint density at radius 2 is 2.24 bits per heavy atom. The molecule has 94 valence electrons. The van der Waals surface area contributed by atoms with Gasteiger partial charge in [-0.2, -0.15) is 0 Å². The molecule has 0 amide bonds.